The number of aryl methyl sites for hydroxylation is 1. The molecule has 0 amide bonds. The molecule has 0 unspecified atom stereocenters. The van der Waals surface area contributed by atoms with Crippen LogP contribution in [0.1, 0.15) is 17.6 Å². The Morgan fingerprint density at radius 3 is 2.84 bits per heavy atom. The summed E-state index contributed by atoms with van der Waals surface area (Å²) < 4.78 is 15.2. The van der Waals surface area contributed by atoms with Crippen LogP contribution in [-0.4, -0.2) is 40.6 Å². The monoisotopic (exact) mass is 268 g/mol. The van der Waals surface area contributed by atoms with Crippen LogP contribution in [0.5, 0.6) is 0 Å². The highest BCUT2D eigenvalue weighted by Gasteiger charge is 2.07. The van der Waals surface area contributed by atoms with Gasteiger partial charge in [0.1, 0.15) is 0 Å². The third-order valence-electron chi connectivity index (χ3n) is 2.19. The number of rotatable bonds is 8. The van der Waals surface area contributed by atoms with Gasteiger partial charge in [-0.15, -0.1) is 5.10 Å². The molecule has 0 aliphatic carbocycles. The molecule has 2 aromatic heterocycles. The second-order valence-electron chi connectivity index (χ2n) is 3.76. The highest BCUT2D eigenvalue weighted by molar-refractivity contribution is 5.17. The van der Waals surface area contributed by atoms with Gasteiger partial charge in [-0.3, -0.25) is 0 Å². The van der Waals surface area contributed by atoms with Crippen molar-refractivity contribution in [2.45, 2.75) is 20.0 Å². The van der Waals surface area contributed by atoms with E-state index in [0.717, 1.165) is 6.54 Å². The van der Waals surface area contributed by atoms with Crippen LogP contribution < -0.4 is 10.6 Å². The van der Waals surface area contributed by atoms with Crippen LogP contribution in [0.25, 0.3) is 0 Å². The highest BCUT2D eigenvalue weighted by atomic mass is 16.5. The van der Waals surface area contributed by atoms with Crippen molar-refractivity contribution in [1.82, 2.24) is 25.7 Å². The van der Waals surface area contributed by atoms with Crippen molar-refractivity contribution >= 4 is 6.01 Å². The lowest BCUT2D eigenvalue weighted by Gasteiger charge is -1.99. The second kappa shape index (κ2) is 6.81. The molecular weight excluding hydrogens is 252 g/mol. The zero-order valence-electron chi connectivity index (χ0n) is 10.8. The largest absolute Gasteiger partial charge is 0.407 e. The van der Waals surface area contributed by atoms with Crippen LogP contribution in [0, 0.1) is 6.92 Å². The Bertz CT molecular complexity index is 497. The van der Waals surface area contributed by atoms with E-state index in [0.29, 0.717) is 43.3 Å². The zero-order chi connectivity index (χ0) is 13.5. The summed E-state index contributed by atoms with van der Waals surface area (Å²) in [5, 5.41) is 17.4. The van der Waals surface area contributed by atoms with Crippen LogP contribution in [0.3, 0.4) is 0 Å². The predicted molar refractivity (Wildman–Crippen MR) is 64.2 cm³/mol. The normalized spacial score (nSPS) is 10.8. The van der Waals surface area contributed by atoms with Crippen molar-refractivity contribution in [2.24, 2.45) is 0 Å². The summed E-state index contributed by atoms with van der Waals surface area (Å²) in [6.07, 6.45) is 0. The standard InChI is InChI=1S/C10H16N6O3/c1-7-13-8(19-16-7)6-12-10-15-14-9(18-10)5-11-3-4-17-2/h11H,3-6H2,1-2H3,(H,12,15). The third kappa shape index (κ3) is 4.30. The quantitative estimate of drug-likeness (QED) is 0.644. The summed E-state index contributed by atoms with van der Waals surface area (Å²) in [6, 6.07) is 0.319. The molecule has 9 heteroatoms. The van der Waals surface area contributed by atoms with Crippen LogP contribution >= 0.6 is 0 Å². The molecular formula is C10H16N6O3. The van der Waals surface area contributed by atoms with Crippen molar-refractivity contribution in [3.63, 3.8) is 0 Å². The maximum absolute atomic E-state index is 5.37. The van der Waals surface area contributed by atoms with Crippen molar-refractivity contribution in [1.29, 1.82) is 0 Å². The van der Waals surface area contributed by atoms with Gasteiger partial charge in [-0.1, -0.05) is 10.3 Å². The van der Waals surface area contributed by atoms with E-state index in [2.05, 4.69) is 31.0 Å². The lowest BCUT2D eigenvalue weighted by Crippen LogP contribution is -2.18. The fraction of sp³-hybridized carbons (Fsp3) is 0.600. The van der Waals surface area contributed by atoms with Gasteiger partial charge in [0.2, 0.25) is 11.8 Å². The van der Waals surface area contributed by atoms with Crippen molar-refractivity contribution in [2.75, 3.05) is 25.6 Å². The fourth-order valence-corrected chi connectivity index (χ4v) is 1.33. The van der Waals surface area contributed by atoms with Gasteiger partial charge in [-0.05, 0) is 6.92 Å². The molecule has 0 aliphatic rings. The van der Waals surface area contributed by atoms with Crippen LogP contribution in [0.15, 0.2) is 8.94 Å². The molecule has 0 radical (unpaired) electrons. The number of aromatic nitrogens is 4. The average Bonchev–Trinajstić information content (AvgIpc) is 3.01. The highest BCUT2D eigenvalue weighted by Crippen LogP contribution is 2.07. The minimum Gasteiger partial charge on any atom is -0.407 e. The molecule has 2 N–H and O–H groups in total. The van der Waals surface area contributed by atoms with Crippen LogP contribution in [0.2, 0.25) is 0 Å². The maximum Gasteiger partial charge on any atom is 0.315 e. The van der Waals surface area contributed by atoms with Gasteiger partial charge in [0.25, 0.3) is 0 Å². The molecule has 0 aliphatic heterocycles. The third-order valence-corrected chi connectivity index (χ3v) is 2.19. The molecule has 0 bridgehead atoms. The summed E-state index contributed by atoms with van der Waals surface area (Å²) >= 11 is 0. The lowest BCUT2D eigenvalue weighted by molar-refractivity contribution is 0.198. The number of nitrogens with zero attached hydrogens (tertiary/aromatic N) is 4. The van der Waals surface area contributed by atoms with E-state index in [4.69, 9.17) is 13.7 Å². The van der Waals surface area contributed by atoms with E-state index >= 15 is 0 Å². The Balaban J connectivity index is 1.74. The van der Waals surface area contributed by atoms with Gasteiger partial charge in [0, 0.05) is 13.7 Å². The molecule has 0 spiro atoms. The summed E-state index contributed by atoms with van der Waals surface area (Å²) in [4.78, 5) is 4.05. The van der Waals surface area contributed by atoms with Crippen molar-refractivity contribution in [3.8, 4) is 0 Å². The van der Waals surface area contributed by atoms with Crippen molar-refractivity contribution < 1.29 is 13.7 Å². The van der Waals surface area contributed by atoms with Gasteiger partial charge < -0.3 is 24.3 Å². The molecule has 0 saturated carbocycles. The van der Waals surface area contributed by atoms with E-state index in [-0.39, 0.29) is 0 Å². The Hall–Kier alpha value is -2.00. The summed E-state index contributed by atoms with van der Waals surface area (Å²) in [5.74, 6) is 1.56. The van der Waals surface area contributed by atoms with Gasteiger partial charge in [0.05, 0.1) is 19.7 Å². The first-order chi connectivity index (χ1) is 9.28. The molecule has 0 saturated heterocycles. The van der Waals surface area contributed by atoms with E-state index in [1.807, 2.05) is 0 Å². The van der Waals surface area contributed by atoms with Crippen molar-refractivity contribution in [3.05, 3.63) is 17.6 Å². The molecule has 104 valence electrons. The molecule has 2 heterocycles. The molecule has 0 aromatic carbocycles. The van der Waals surface area contributed by atoms with E-state index < -0.39 is 0 Å². The summed E-state index contributed by atoms with van der Waals surface area (Å²) in [6.45, 7) is 3.96. The van der Waals surface area contributed by atoms with E-state index in [1.165, 1.54) is 0 Å². The maximum atomic E-state index is 5.37. The first-order valence-corrected chi connectivity index (χ1v) is 5.83. The number of nitrogens with one attached hydrogen (secondary N) is 2. The predicted octanol–water partition coefficient (Wildman–Crippen LogP) is 0.109. The topological polar surface area (TPSA) is 111 Å². The van der Waals surface area contributed by atoms with Crippen LogP contribution in [0.4, 0.5) is 6.01 Å². The number of ether oxygens (including phenoxy) is 1. The van der Waals surface area contributed by atoms with Crippen LogP contribution in [-0.2, 0) is 17.8 Å². The van der Waals surface area contributed by atoms with Gasteiger partial charge >= 0.3 is 6.01 Å². The molecule has 19 heavy (non-hydrogen) atoms. The average molecular weight is 268 g/mol. The minimum absolute atomic E-state index is 0.319. The number of anilines is 1. The summed E-state index contributed by atoms with van der Waals surface area (Å²) in [5.41, 5.74) is 0. The Morgan fingerprint density at radius 1 is 1.21 bits per heavy atom. The fourth-order valence-electron chi connectivity index (χ4n) is 1.33. The smallest absolute Gasteiger partial charge is 0.315 e. The molecule has 9 nitrogen and oxygen atoms in total. The van der Waals surface area contributed by atoms with E-state index in [1.54, 1.807) is 14.0 Å². The van der Waals surface area contributed by atoms with Gasteiger partial charge in [0.15, 0.2) is 5.82 Å². The minimum atomic E-state index is 0.319. The summed E-state index contributed by atoms with van der Waals surface area (Å²) in [7, 11) is 1.65. The Kier molecular flexibility index (Phi) is 4.81. The molecule has 0 atom stereocenters. The zero-order valence-corrected chi connectivity index (χ0v) is 10.8. The Morgan fingerprint density at radius 2 is 2.11 bits per heavy atom. The first-order valence-electron chi connectivity index (χ1n) is 5.83. The lowest BCUT2D eigenvalue weighted by atomic mass is 10.6. The number of hydrogen-bond donors (Lipinski definition) is 2. The molecule has 0 fully saturated rings. The first kappa shape index (κ1) is 13.4. The molecule has 2 rings (SSSR count). The van der Waals surface area contributed by atoms with E-state index in [9.17, 15) is 0 Å². The van der Waals surface area contributed by atoms with Gasteiger partial charge in [-0.2, -0.15) is 4.98 Å². The Labute approximate surface area is 109 Å². The SMILES string of the molecule is COCCNCc1nnc(NCc2nc(C)no2)o1. The van der Waals surface area contributed by atoms with Gasteiger partial charge in [-0.25, -0.2) is 0 Å². The number of methoxy groups -OCH3 is 1. The number of hydrogen-bond acceptors (Lipinski definition) is 9. The second-order valence-corrected chi connectivity index (χ2v) is 3.76. The molecule has 2 aromatic rings.